The molecule has 84 valence electrons. The van der Waals surface area contributed by atoms with E-state index in [4.69, 9.17) is 4.74 Å². The standard InChI is InChI=1S/C12H25NO/c1-6-8-13-11(9-10(3)4)12(7-2)14-5/h9,11-13H,6-8H2,1-5H3. The Morgan fingerprint density at radius 2 is 2.00 bits per heavy atom. The molecule has 0 bridgehead atoms. The van der Waals surface area contributed by atoms with Crippen LogP contribution >= 0.6 is 0 Å². The largest absolute Gasteiger partial charge is 0.380 e. The lowest BCUT2D eigenvalue weighted by molar-refractivity contribution is 0.0788. The van der Waals surface area contributed by atoms with Crippen molar-refractivity contribution in [1.82, 2.24) is 5.32 Å². The first kappa shape index (κ1) is 13.7. The van der Waals surface area contributed by atoms with E-state index in [1.165, 1.54) is 5.57 Å². The van der Waals surface area contributed by atoms with Gasteiger partial charge in [0, 0.05) is 7.11 Å². The molecule has 0 aromatic heterocycles. The van der Waals surface area contributed by atoms with Crippen LogP contribution in [0.15, 0.2) is 11.6 Å². The molecule has 2 atom stereocenters. The van der Waals surface area contributed by atoms with Crippen molar-refractivity contribution in [2.45, 2.75) is 52.7 Å². The molecule has 0 saturated heterocycles. The molecule has 0 fully saturated rings. The molecule has 0 aromatic rings. The molecule has 0 aliphatic rings. The van der Waals surface area contributed by atoms with E-state index in [2.05, 4.69) is 39.1 Å². The molecule has 0 saturated carbocycles. The van der Waals surface area contributed by atoms with Crippen LogP contribution in [0.2, 0.25) is 0 Å². The van der Waals surface area contributed by atoms with Gasteiger partial charge in [-0.1, -0.05) is 25.5 Å². The van der Waals surface area contributed by atoms with Crippen LogP contribution in [0.5, 0.6) is 0 Å². The summed E-state index contributed by atoms with van der Waals surface area (Å²) in [5.74, 6) is 0. The van der Waals surface area contributed by atoms with Crippen LogP contribution in [-0.4, -0.2) is 25.8 Å². The predicted octanol–water partition coefficient (Wildman–Crippen LogP) is 2.75. The number of ether oxygens (including phenoxy) is 1. The highest BCUT2D eigenvalue weighted by atomic mass is 16.5. The maximum absolute atomic E-state index is 5.45. The second kappa shape index (κ2) is 8.01. The normalized spacial score (nSPS) is 14.9. The van der Waals surface area contributed by atoms with Crippen molar-refractivity contribution in [2.75, 3.05) is 13.7 Å². The summed E-state index contributed by atoms with van der Waals surface area (Å²) in [6.07, 6.45) is 4.75. The van der Waals surface area contributed by atoms with E-state index in [1.54, 1.807) is 7.11 Å². The molecule has 14 heavy (non-hydrogen) atoms. The molecule has 0 aliphatic carbocycles. The lowest BCUT2D eigenvalue weighted by Crippen LogP contribution is -2.39. The number of allylic oxidation sites excluding steroid dienone is 1. The zero-order valence-corrected chi connectivity index (χ0v) is 10.3. The summed E-state index contributed by atoms with van der Waals surface area (Å²) < 4.78 is 5.45. The number of nitrogens with one attached hydrogen (secondary N) is 1. The Labute approximate surface area is 88.7 Å². The molecule has 0 amide bonds. The second-order valence-electron chi connectivity index (χ2n) is 3.91. The fraction of sp³-hybridized carbons (Fsp3) is 0.833. The van der Waals surface area contributed by atoms with Crippen LogP contribution in [0, 0.1) is 0 Å². The van der Waals surface area contributed by atoms with Crippen LogP contribution < -0.4 is 5.32 Å². The average Bonchev–Trinajstić information content (AvgIpc) is 2.15. The van der Waals surface area contributed by atoms with E-state index >= 15 is 0 Å². The van der Waals surface area contributed by atoms with Crippen LogP contribution in [0.3, 0.4) is 0 Å². The second-order valence-corrected chi connectivity index (χ2v) is 3.91. The fourth-order valence-electron chi connectivity index (χ4n) is 1.54. The Kier molecular flexibility index (Phi) is 7.81. The summed E-state index contributed by atoms with van der Waals surface area (Å²) in [5.41, 5.74) is 1.34. The van der Waals surface area contributed by atoms with Crippen molar-refractivity contribution in [3.05, 3.63) is 11.6 Å². The smallest absolute Gasteiger partial charge is 0.0757 e. The summed E-state index contributed by atoms with van der Waals surface area (Å²) in [5, 5.41) is 3.50. The van der Waals surface area contributed by atoms with Crippen molar-refractivity contribution in [2.24, 2.45) is 0 Å². The fourth-order valence-corrected chi connectivity index (χ4v) is 1.54. The van der Waals surface area contributed by atoms with E-state index in [9.17, 15) is 0 Å². The third kappa shape index (κ3) is 5.40. The topological polar surface area (TPSA) is 21.3 Å². The zero-order valence-electron chi connectivity index (χ0n) is 10.3. The van der Waals surface area contributed by atoms with E-state index < -0.39 is 0 Å². The highest BCUT2D eigenvalue weighted by Gasteiger charge is 2.15. The van der Waals surface area contributed by atoms with Gasteiger partial charge in [0.15, 0.2) is 0 Å². The molecule has 2 heteroatoms. The lowest BCUT2D eigenvalue weighted by Gasteiger charge is -2.24. The summed E-state index contributed by atoms with van der Waals surface area (Å²) >= 11 is 0. The molecule has 1 N–H and O–H groups in total. The maximum Gasteiger partial charge on any atom is 0.0757 e. The van der Waals surface area contributed by atoms with Gasteiger partial charge in [-0.2, -0.15) is 0 Å². The Balaban J connectivity index is 4.28. The Morgan fingerprint density at radius 1 is 1.36 bits per heavy atom. The van der Waals surface area contributed by atoms with E-state index in [0.29, 0.717) is 6.04 Å². The van der Waals surface area contributed by atoms with Crippen molar-refractivity contribution in [1.29, 1.82) is 0 Å². The minimum atomic E-state index is 0.288. The van der Waals surface area contributed by atoms with Crippen molar-refractivity contribution < 1.29 is 4.74 Å². The highest BCUT2D eigenvalue weighted by Crippen LogP contribution is 2.07. The minimum absolute atomic E-state index is 0.288. The number of hydrogen-bond acceptors (Lipinski definition) is 2. The van der Waals surface area contributed by atoms with E-state index in [0.717, 1.165) is 19.4 Å². The predicted molar refractivity (Wildman–Crippen MR) is 62.6 cm³/mol. The third-order valence-corrected chi connectivity index (χ3v) is 2.25. The highest BCUT2D eigenvalue weighted by molar-refractivity contribution is 5.03. The molecule has 0 radical (unpaired) electrons. The number of methoxy groups -OCH3 is 1. The molecular formula is C12H25NO. The van der Waals surface area contributed by atoms with Gasteiger partial charge in [0.2, 0.25) is 0 Å². The number of rotatable bonds is 7. The Hall–Kier alpha value is -0.340. The van der Waals surface area contributed by atoms with Gasteiger partial charge in [0.1, 0.15) is 0 Å². The van der Waals surface area contributed by atoms with Crippen LogP contribution in [0.4, 0.5) is 0 Å². The summed E-state index contributed by atoms with van der Waals surface area (Å²) in [7, 11) is 1.79. The molecule has 2 nitrogen and oxygen atoms in total. The first-order valence-electron chi connectivity index (χ1n) is 5.56. The van der Waals surface area contributed by atoms with Gasteiger partial charge < -0.3 is 10.1 Å². The van der Waals surface area contributed by atoms with Gasteiger partial charge in [-0.3, -0.25) is 0 Å². The van der Waals surface area contributed by atoms with Gasteiger partial charge in [-0.25, -0.2) is 0 Å². The molecule has 0 aliphatic heterocycles. The molecule has 2 unspecified atom stereocenters. The van der Waals surface area contributed by atoms with Gasteiger partial charge in [-0.05, 0) is 33.2 Å². The maximum atomic E-state index is 5.45. The molecule has 0 spiro atoms. The molecule has 0 aromatic carbocycles. The summed E-state index contributed by atoms with van der Waals surface area (Å²) in [4.78, 5) is 0. The van der Waals surface area contributed by atoms with Gasteiger partial charge >= 0.3 is 0 Å². The lowest BCUT2D eigenvalue weighted by atomic mass is 10.1. The zero-order chi connectivity index (χ0) is 11.0. The summed E-state index contributed by atoms with van der Waals surface area (Å²) in [6.45, 7) is 9.65. The quantitative estimate of drug-likeness (QED) is 0.637. The number of hydrogen-bond donors (Lipinski definition) is 1. The van der Waals surface area contributed by atoms with Gasteiger partial charge in [0.05, 0.1) is 12.1 Å². The first-order chi connectivity index (χ1) is 6.65. The van der Waals surface area contributed by atoms with Crippen LogP contribution in [0.25, 0.3) is 0 Å². The monoisotopic (exact) mass is 199 g/mol. The minimum Gasteiger partial charge on any atom is -0.380 e. The van der Waals surface area contributed by atoms with Crippen LogP contribution in [-0.2, 0) is 4.74 Å². The van der Waals surface area contributed by atoms with Gasteiger partial charge in [0.25, 0.3) is 0 Å². The van der Waals surface area contributed by atoms with Crippen molar-refractivity contribution in [3.8, 4) is 0 Å². The van der Waals surface area contributed by atoms with Crippen molar-refractivity contribution in [3.63, 3.8) is 0 Å². The Morgan fingerprint density at radius 3 is 2.36 bits per heavy atom. The van der Waals surface area contributed by atoms with Crippen LogP contribution in [0.1, 0.15) is 40.5 Å². The summed E-state index contributed by atoms with van der Waals surface area (Å²) in [6, 6.07) is 0.356. The average molecular weight is 199 g/mol. The first-order valence-corrected chi connectivity index (χ1v) is 5.56. The Bertz CT molecular complexity index is 158. The molecular weight excluding hydrogens is 174 g/mol. The van der Waals surface area contributed by atoms with Gasteiger partial charge in [-0.15, -0.1) is 0 Å². The molecule has 0 rings (SSSR count). The van der Waals surface area contributed by atoms with Crippen molar-refractivity contribution >= 4 is 0 Å². The molecule has 0 heterocycles. The third-order valence-electron chi connectivity index (χ3n) is 2.25. The van der Waals surface area contributed by atoms with E-state index in [1.807, 2.05) is 0 Å². The SMILES string of the molecule is CCCNC(C=C(C)C)C(CC)OC. The van der Waals surface area contributed by atoms with E-state index in [-0.39, 0.29) is 6.10 Å².